The van der Waals surface area contributed by atoms with Crippen LogP contribution in [0.4, 0.5) is 5.69 Å². The molecule has 0 atom stereocenters. The molecule has 0 saturated carbocycles. The molecule has 0 unspecified atom stereocenters. The fourth-order valence-corrected chi connectivity index (χ4v) is 1.74. The minimum Gasteiger partial charge on any atom is -0.497 e. The molecule has 0 bridgehead atoms. The molecule has 0 radical (unpaired) electrons. The lowest BCUT2D eigenvalue weighted by Gasteiger charge is -2.08. The number of ether oxygens (including phenoxy) is 2. The van der Waals surface area contributed by atoms with Gasteiger partial charge in [0.25, 0.3) is 0 Å². The molecule has 0 aliphatic rings. The van der Waals surface area contributed by atoms with Crippen LogP contribution >= 0.6 is 0 Å². The number of methoxy groups -OCH3 is 1. The van der Waals surface area contributed by atoms with Crippen molar-refractivity contribution in [3.63, 3.8) is 0 Å². The summed E-state index contributed by atoms with van der Waals surface area (Å²) in [6.45, 7) is 0. The molecule has 0 saturated heterocycles. The molecule has 0 fully saturated rings. The first-order valence-electron chi connectivity index (χ1n) is 5.85. The monoisotopic (exact) mass is 289 g/mol. The first kappa shape index (κ1) is 14.3. The van der Waals surface area contributed by atoms with E-state index in [9.17, 15) is 14.9 Å². The van der Waals surface area contributed by atoms with Crippen LogP contribution in [0.25, 0.3) is 0 Å². The number of para-hydroxylation sites is 1. The number of nitro groups is 1. The Bertz CT molecular complexity index is 680. The molecule has 2 aromatic carbocycles. The number of carbonyl (C=O) groups is 1. The van der Waals surface area contributed by atoms with Crippen LogP contribution in [0, 0.1) is 10.1 Å². The zero-order valence-corrected chi connectivity index (χ0v) is 11.0. The normalized spacial score (nSPS) is 9.95. The van der Waals surface area contributed by atoms with Crippen molar-refractivity contribution in [3.05, 3.63) is 58.1 Å². The maximum atomic E-state index is 11.1. The summed E-state index contributed by atoms with van der Waals surface area (Å²) in [6.07, 6.45) is 0. The molecular weight excluding hydrogens is 278 g/mol. The summed E-state index contributed by atoms with van der Waals surface area (Å²) in [5.74, 6) is -0.579. The van der Waals surface area contributed by atoms with Gasteiger partial charge in [0.1, 0.15) is 17.1 Å². The van der Waals surface area contributed by atoms with E-state index in [0.29, 0.717) is 11.5 Å². The van der Waals surface area contributed by atoms with Crippen LogP contribution in [0.15, 0.2) is 42.5 Å². The van der Waals surface area contributed by atoms with Gasteiger partial charge in [-0.15, -0.1) is 0 Å². The Morgan fingerprint density at radius 1 is 1.14 bits per heavy atom. The van der Waals surface area contributed by atoms with Crippen molar-refractivity contribution in [1.29, 1.82) is 0 Å². The molecule has 7 nitrogen and oxygen atoms in total. The number of nitrogens with zero attached hydrogens (tertiary/aromatic N) is 1. The summed E-state index contributed by atoms with van der Waals surface area (Å²) in [5, 5.41) is 20.1. The molecule has 2 aromatic rings. The van der Waals surface area contributed by atoms with Crippen LogP contribution < -0.4 is 9.47 Å². The van der Waals surface area contributed by atoms with Gasteiger partial charge in [0, 0.05) is 0 Å². The van der Waals surface area contributed by atoms with Crippen LogP contribution in [-0.2, 0) is 0 Å². The summed E-state index contributed by atoms with van der Waals surface area (Å²) in [7, 11) is 1.51. The highest BCUT2D eigenvalue weighted by Gasteiger charge is 2.25. The van der Waals surface area contributed by atoms with Crippen LogP contribution in [0.3, 0.4) is 0 Å². The average molecular weight is 289 g/mol. The molecule has 2 rings (SSSR count). The third-order valence-corrected chi connectivity index (χ3v) is 2.70. The van der Waals surface area contributed by atoms with Crippen molar-refractivity contribution in [2.24, 2.45) is 0 Å². The molecule has 1 N–H and O–H groups in total. The van der Waals surface area contributed by atoms with Gasteiger partial charge >= 0.3 is 11.7 Å². The Hall–Kier alpha value is -3.09. The predicted octanol–water partition coefficient (Wildman–Crippen LogP) is 3.09. The van der Waals surface area contributed by atoms with Gasteiger partial charge in [0.15, 0.2) is 0 Å². The lowest BCUT2D eigenvalue weighted by Crippen LogP contribution is -2.04. The predicted molar refractivity (Wildman–Crippen MR) is 73.1 cm³/mol. The first-order chi connectivity index (χ1) is 10.0. The van der Waals surface area contributed by atoms with Gasteiger partial charge in [-0.1, -0.05) is 6.07 Å². The average Bonchev–Trinajstić information content (AvgIpc) is 2.47. The van der Waals surface area contributed by atoms with E-state index in [0.717, 1.165) is 6.07 Å². The quantitative estimate of drug-likeness (QED) is 0.670. The molecular formula is C14H11NO6. The standard InChI is InChI=1S/C14H11NO6/c1-20-9-5-7-10(8-6-9)21-12-4-2-3-11(14(16)17)13(12)15(18)19/h2-8H,1H3,(H,16,17). The van der Waals surface area contributed by atoms with Crippen molar-refractivity contribution in [1.82, 2.24) is 0 Å². The third-order valence-electron chi connectivity index (χ3n) is 2.70. The smallest absolute Gasteiger partial charge is 0.342 e. The topological polar surface area (TPSA) is 98.9 Å². The highest BCUT2D eigenvalue weighted by atomic mass is 16.6. The molecule has 7 heteroatoms. The summed E-state index contributed by atoms with van der Waals surface area (Å²) >= 11 is 0. The SMILES string of the molecule is COc1ccc(Oc2cccc(C(=O)O)c2[N+](=O)[O-])cc1. The largest absolute Gasteiger partial charge is 0.497 e. The maximum absolute atomic E-state index is 11.1. The number of rotatable bonds is 5. The number of benzene rings is 2. The molecule has 21 heavy (non-hydrogen) atoms. The van der Waals surface area contributed by atoms with E-state index in [4.69, 9.17) is 14.6 Å². The second-order valence-corrected chi connectivity index (χ2v) is 3.99. The highest BCUT2D eigenvalue weighted by Crippen LogP contribution is 2.34. The fraction of sp³-hybridized carbons (Fsp3) is 0.0714. The summed E-state index contributed by atoms with van der Waals surface area (Å²) < 4.78 is 10.4. The summed E-state index contributed by atoms with van der Waals surface area (Å²) in [6, 6.07) is 10.3. The fourth-order valence-electron chi connectivity index (χ4n) is 1.74. The first-order valence-corrected chi connectivity index (χ1v) is 5.85. The van der Waals surface area contributed by atoms with Crippen molar-refractivity contribution < 1.29 is 24.3 Å². The zero-order valence-electron chi connectivity index (χ0n) is 11.0. The number of aromatic carboxylic acids is 1. The minimum atomic E-state index is -1.39. The van der Waals surface area contributed by atoms with Gasteiger partial charge in [-0.3, -0.25) is 10.1 Å². The van der Waals surface area contributed by atoms with E-state index < -0.39 is 22.1 Å². The number of carboxylic acid groups (broad SMARTS) is 1. The van der Waals surface area contributed by atoms with Crippen molar-refractivity contribution in [2.75, 3.05) is 7.11 Å². The zero-order chi connectivity index (χ0) is 15.4. The second kappa shape index (κ2) is 5.91. The van der Waals surface area contributed by atoms with Gasteiger partial charge in [0.05, 0.1) is 12.0 Å². The lowest BCUT2D eigenvalue weighted by molar-refractivity contribution is -0.386. The highest BCUT2D eigenvalue weighted by molar-refractivity contribution is 5.93. The number of nitro benzene ring substituents is 1. The minimum absolute atomic E-state index is 0.134. The Labute approximate surface area is 119 Å². The van der Waals surface area contributed by atoms with E-state index in [1.807, 2.05) is 0 Å². The molecule has 0 aromatic heterocycles. The van der Waals surface area contributed by atoms with Gasteiger partial charge in [-0.05, 0) is 36.4 Å². The van der Waals surface area contributed by atoms with E-state index in [1.54, 1.807) is 24.3 Å². The van der Waals surface area contributed by atoms with Gasteiger partial charge < -0.3 is 14.6 Å². The van der Waals surface area contributed by atoms with Gasteiger partial charge in [-0.2, -0.15) is 0 Å². The molecule has 0 spiro atoms. The lowest BCUT2D eigenvalue weighted by atomic mass is 10.1. The maximum Gasteiger partial charge on any atom is 0.342 e. The summed E-state index contributed by atoms with van der Waals surface area (Å²) in [4.78, 5) is 21.3. The van der Waals surface area contributed by atoms with Crippen molar-refractivity contribution >= 4 is 11.7 Å². The number of hydrogen-bond donors (Lipinski definition) is 1. The Balaban J connectivity index is 2.41. The molecule has 0 aliphatic heterocycles. The van der Waals surface area contributed by atoms with Crippen LogP contribution in [0.5, 0.6) is 17.2 Å². The van der Waals surface area contributed by atoms with Crippen LogP contribution in [0.2, 0.25) is 0 Å². The Morgan fingerprint density at radius 3 is 2.29 bits per heavy atom. The number of hydrogen-bond acceptors (Lipinski definition) is 5. The van der Waals surface area contributed by atoms with Crippen LogP contribution in [-0.4, -0.2) is 23.1 Å². The second-order valence-electron chi connectivity index (χ2n) is 3.99. The van der Waals surface area contributed by atoms with Crippen LogP contribution in [0.1, 0.15) is 10.4 Å². The van der Waals surface area contributed by atoms with E-state index in [2.05, 4.69) is 0 Å². The molecule has 0 aliphatic carbocycles. The Morgan fingerprint density at radius 2 is 1.76 bits per heavy atom. The molecule has 0 heterocycles. The molecule has 0 amide bonds. The van der Waals surface area contributed by atoms with E-state index >= 15 is 0 Å². The molecule has 108 valence electrons. The van der Waals surface area contributed by atoms with E-state index in [1.165, 1.54) is 19.2 Å². The summed E-state index contributed by atoms with van der Waals surface area (Å²) in [5.41, 5.74) is -1.01. The van der Waals surface area contributed by atoms with Gasteiger partial charge in [0.2, 0.25) is 5.75 Å². The number of carboxylic acids is 1. The van der Waals surface area contributed by atoms with Gasteiger partial charge in [-0.25, -0.2) is 4.79 Å². The van der Waals surface area contributed by atoms with E-state index in [-0.39, 0.29) is 5.75 Å². The van der Waals surface area contributed by atoms with Crippen molar-refractivity contribution in [3.8, 4) is 17.2 Å². The third kappa shape index (κ3) is 3.08. The van der Waals surface area contributed by atoms with Crippen molar-refractivity contribution in [2.45, 2.75) is 0 Å². The Kier molecular flexibility index (Phi) is 4.03.